The Bertz CT molecular complexity index is 1090. The minimum atomic E-state index is -0.529. The zero-order valence-electron chi connectivity index (χ0n) is 17.2. The third-order valence-electron chi connectivity index (χ3n) is 4.57. The van der Waals surface area contributed by atoms with Crippen molar-refractivity contribution in [3.05, 3.63) is 87.9 Å². The summed E-state index contributed by atoms with van der Waals surface area (Å²) in [5.74, 6) is 0.687. The summed E-state index contributed by atoms with van der Waals surface area (Å²) >= 11 is 6.26. The summed E-state index contributed by atoms with van der Waals surface area (Å²) < 4.78 is 16.5. The van der Waals surface area contributed by atoms with Gasteiger partial charge in [-0.05, 0) is 61.4 Å². The molecule has 0 unspecified atom stereocenters. The number of hydrogen-bond donors (Lipinski definition) is 0. The molecule has 0 radical (unpaired) electrons. The van der Waals surface area contributed by atoms with Crippen LogP contribution in [0.25, 0.3) is 0 Å². The van der Waals surface area contributed by atoms with Gasteiger partial charge in [-0.15, -0.1) is 0 Å². The van der Waals surface area contributed by atoms with Crippen molar-refractivity contribution in [2.24, 2.45) is 4.99 Å². The molecule has 0 bridgehead atoms. The van der Waals surface area contributed by atoms with Gasteiger partial charge in [-0.25, -0.2) is 9.79 Å². The van der Waals surface area contributed by atoms with Crippen LogP contribution in [0.5, 0.6) is 11.5 Å². The third kappa shape index (κ3) is 4.63. The van der Waals surface area contributed by atoms with E-state index in [2.05, 4.69) is 0 Å². The van der Waals surface area contributed by atoms with E-state index in [1.165, 1.54) is 14.2 Å². The van der Waals surface area contributed by atoms with E-state index in [-0.39, 0.29) is 5.56 Å². The van der Waals surface area contributed by atoms with Crippen molar-refractivity contribution in [2.75, 3.05) is 14.2 Å². The molecule has 0 fully saturated rings. The van der Waals surface area contributed by atoms with Crippen molar-refractivity contribution >= 4 is 29.2 Å². The number of benzene rings is 3. The number of rotatable bonds is 5. The molecule has 0 aliphatic rings. The standard InChI is InChI=1S/C24H22ClNO4/c1-15-13-18(28-3)14-19(24(27)29-4)22(15)30-23(17-9-6-5-7-10-17)26-21-12-8-11-20(25)16(21)2/h5-14H,1-4H3. The highest BCUT2D eigenvalue weighted by molar-refractivity contribution is 6.31. The van der Waals surface area contributed by atoms with E-state index in [1.54, 1.807) is 12.1 Å². The van der Waals surface area contributed by atoms with Gasteiger partial charge in [0.2, 0.25) is 5.90 Å². The molecule has 0 saturated carbocycles. The van der Waals surface area contributed by atoms with E-state index in [9.17, 15) is 4.79 Å². The first-order chi connectivity index (χ1) is 14.4. The first-order valence-electron chi connectivity index (χ1n) is 9.28. The molecular formula is C24H22ClNO4. The number of halogens is 1. The zero-order chi connectivity index (χ0) is 21.7. The average molecular weight is 424 g/mol. The monoisotopic (exact) mass is 423 g/mol. The third-order valence-corrected chi connectivity index (χ3v) is 4.98. The van der Waals surface area contributed by atoms with Crippen LogP contribution in [0.15, 0.2) is 65.7 Å². The summed E-state index contributed by atoms with van der Waals surface area (Å²) in [6, 6.07) is 18.3. The molecule has 154 valence electrons. The second kappa shape index (κ2) is 9.46. The van der Waals surface area contributed by atoms with Crippen molar-refractivity contribution in [3.63, 3.8) is 0 Å². The normalized spacial score (nSPS) is 11.2. The lowest BCUT2D eigenvalue weighted by molar-refractivity contribution is 0.0598. The Hall–Kier alpha value is -3.31. The maximum absolute atomic E-state index is 12.4. The van der Waals surface area contributed by atoms with Crippen LogP contribution in [-0.2, 0) is 4.74 Å². The number of methoxy groups -OCH3 is 2. The number of carbonyl (C=O) groups is 1. The van der Waals surface area contributed by atoms with Gasteiger partial charge in [-0.1, -0.05) is 35.9 Å². The predicted octanol–water partition coefficient (Wildman–Crippen LogP) is 5.91. The lowest BCUT2D eigenvalue weighted by Gasteiger charge is -2.16. The SMILES string of the molecule is COC(=O)c1cc(OC)cc(C)c1OC(=Nc1cccc(Cl)c1C)c1ccccc1. The predicted molar refractivity (Wildman–Crippen MR) is 119 cm³/mol. The van der Waals surface area contributed by atoms with Gasteiger partial charge in [0.25, 0.3) is 0 Å². The molecule has 0 saturated heterocycles. The fraction of sp³-hybridized carbons (Fsp3) is 0.167. The lowest BCUT2D eigenvalue weighted by Crippen LogP contribution is -2.15. The van der Waals surface area contributed by atoms with Crippen LogP contribution in [0.2, 0.25) is 5.02 Å². The second-order valence-electron chi connectivity index (χ2n) is 6.58. The van der Waals surface area contributed by atoms with Crippen LogP contribution in [-0.4, -0.2) is 26.1 Å². The maximum Gasteiger partial charge on any atom is 0.341 e. The molecule has 0 N–H and O–H groups in total. The highest BCUT2D eigenvalue weighted by atomic mass is 35.5. The van der Waals surface area contributed by atoms with Crippen LogP contribution in [0.3, 0.4) is 0 Å². The molecule has 0 atom stereocenters. The molecule has 0 heterocycles. The number of aliphatic imine (C=N–C) groups is 1. The lowest BCUT2D eigenvalue weighted by atomic mass is 10.1. The van der Waals surface area contributed by atoms with Crippen molar-refractivity contribution in [2.45, 2.75) is 13.8 Å². The minimum absolute atomic E-state index is 0.251. The van der Waals surface area contributed by atoms with Gasteiger partial charge in [0.15, 0.2) is 0 Å². The fourth-order valence-corrected chi connectivity index (χ4v) is 3.08. The molecule has 0 amide bonds. The van der Waals surface area contributed by atoms with Crippen LogP contribution in [0, 0.1) is 13.8 Å². The molecule has 0 spiro atoms. The van der Waals surface area contributed by atoms with Gasteiger partial charge in [0, 0.05) is 10.6 Å². The molecular weight excluding hydrogens is 402 g/mol. The minimum Gasteiger partial charge on any atom is -0.497 e. The van der Waals surface area contributed by atoms with Gasteiger partial charge in [0.1, 0.15) is 17.1 Å². The molecule has 0 aromatic heterocycles. The van der Waals surface area contributed by atoms with Crippen LogP contribution in [0.1, 0.15) is 27.0 Å². The quantitative estimate of drug-likeness (QED) is 0.291. The fourth-order valence-electron chi connectivity index (χ4n) is 2.91. The summed E-state index contributed by atoms with van der Waals surface area (Å²) in [5.41, 5.74) is 3.22. The van der Waals surface area contributed by atoms with E-state index < -0.39 is 5.97 Å². The van der Waals surface area contributed by atoms with Crippen molar-refractivity contribution in [3.8, 4) is 11.5 Å². The Morgan fingerprint density at radius 2 is 1.70 bits per heavy atom. The molecule has 3 rings (SSSR count). The van der Waals surface area contributed by atoms with E-state index in [4.69, 9.17) is 30.8 Å². The molecule has 6 heteroatoms. The van der Waals surface area contributed by atoms with E-state index >= 15 is 0 Å². The zero-order valence-corrected chi connectivity index (χ0v) is 18.0. The topological polar surface area (TPSA) is 57.1 Å². The largest absolute Gasteiger partial charge is 0.497 e. The molecule has 3 aromatic carbocycles. The highest BCUT2D eigenvalue weighted by Gasteiger charge is 2.20. The molecule has 30 heavy (non-hydrogen) atoms. The summed E-state index contributed by atoms with van der Waals surface area (Å²) in [4.78, 5) is 17.1. The summed E-state index contributed by atoms with van der Waals surface area (Å²) in [6.07, 6.45) is 0. The molecule has 5 nitrogen and oxygen atoms in total. The van der Waals surface area contributed by atoms with Crippen molar-refractivity contribution in [1.29, 1.82) is 0 Å². The summed E-state index contributed by atoms with van der Waals surface area (Å²) in [6.45, 7) is 3.72. The van der Waals surface area contributed by atoms with E-state index in [0.29, 0.717) is 33.7 Å². The van der Waals surface area contributed by atoms with Crippen molar-refractivity contribution in [1.82, 2.24) is 0 Å². The number of ether oxygens (including phenoxy) is 3. The second-order valence-corrected chi connectivity index (χ2v) is 6.99. The van der Waals surface area contributed by atoms with Crippen molar-refractivity contribution < 1.29 is 19.0 Å². The average Bonchev–Trinajstić information content (AvgIpc) is 2.77. The number of esters is 1. The Kier molecular flexibility index (Phi) is 6.75. The Labute approximate surface area is 180 Å². The Balaban J connectivity index is 2.17. The smallest absolute Gasteiger partial charge is 0.341 e. The summed E-state index contributed by atoms with van der Waals surface area (Å²) in [7, 11) is 2.86. The van der Waals surface area contributed by atoms with Gasteiger partial charge in [-0.3, -0.25) is 0 Å². The van der Waals surface area contributed by atoms with Gasteiger partial charge >= 0.3 is 5.97 Å². The molecule has 3 aromatic rings. The number of nitrogens with zero attached hydrogens (tertiary/aromatic N) is 1. The van der Waals surface area contributed by atoms with Crippen LogP contribution >= 0.6 is 11.6 Å². The first-order valence-corrected chi connectivity index (χ1v) is 9.66. The Morgan fingerprint density at radius 1 is 0.967 bits per heavy atom. The van der Waals surface area contributed by atoms with Gasteiger partial charge in [0.05, 0.1) is 19.9 Å². The van der Waals surface area contributed by atoms with E-state index in [0.717, 1.165) is 11.1 Å². The van der Waals surface area contributed by atoms with Crippen LogP contribution in [0.4, 0.5) is 5.69 Å². The number of hydrogen-bond acceptors (Lipinski definition) is 5. The maximum atomic E-state index is 12.4. The highest BCUT2D eigenvalue weighted by Crippen LogP contribution is 2.32. The van der Waals surface area contributed by atoms with E-state index in [1.807, 2.05) is 62.4 Å². The van der Waals surface area contributed by atoms with Gasteiger partial charge in [-0.2, -0.15) is 0 Å². The molecule has 0 aliphatic heterocycles. The Morgan fingerprint density at radius 3 is 2.37 bits per heavy atom. The van der Waals surface area contributed by atoms with Gasteiger partial charge < -0.3 is 14.2 Å². The number of carbonyl (C=O) groups excluding carboxylic acids is 1. The molecule has 0 aliphatic carbocycles. The first kappa shape index (κ1) is 21.4. The number of aryl methyl sites for hydroxylation is 1. The summed E-state index contributed by atoms with van der Waals surface area (Å²) in [5, 5.41) is 0.611. The van der Waals surface area contributed by atoms with Crippen LogP contribution < -0.4 is 9.47 Å².